The average Bonchev–Trinajstić information content (AvgIpc) is 2.67. The van der Waals surface area contributed by atoms with Gasteiger partial charge in [-0.3, -0.25) is 4.79 Å². The molecule has 1 N–H and O–H groups in total. The zero-order valence-electron chi connectivity index (χ0n) is 15.9. The Morgan fingerprint density at radius 3 is 2.32 bits per heavy atom. The summed E-state index contributed by atoms with van der Waals surface area (Å²) >= 11 is 7.30. The monoisotopic (exact) mass is 411 g/mol. The second-order valence-electron chi connectivity index (χ2n) is 6.51. The van der Waals surface area contributed by atoms with Crippen molar-refractivity contribution >= 4 is 29.3 Å². The Bertz CT molecular complexity index is 912. The van der Waals surface area contributed by atoms with Crippen LogP contribution in [0.2, 0.25) is 5.02 Å². The standard InChI is InChI=1S/C22H22ClN3OS/c1-15-14-16(2)26-22(25-15)28-20(18-6-4-3-5-7-18)21(27)24-13-12-17-8-10-19(23)11-9-17/h3-11,14,20H,12-13H2,1-2H3,(H,24,27)/t20-/m1/s1. The van der Waals surface area contributed by atoms with Crippen molar-refractivity contribution < 1.29 is 4.79 Å². The fourth-order valence-electron chi connectivity index (χ4n) is 2.83. The Morgan fingerprint density at radius 1 is 1.04 bits per heavy atom. The van der Waals surface area contributed by atoms with Gasteiger partial charge in [-0.05, 0) is 49.6 Å². The highest BCUT2D eigenvalue weighted by atomic mass is 35.5. The van der Waals surface area contributed by atoms with Crippen LogP contribution in [0.1, 0.15) is 27.8 Å². The highest BCUT2D eigenvalue weighted by Gasteiger charge is 2.23. The molecule has 3 aromatic rings. The van der Waals surface area contributed by atoms with E-state index in [0.717, 1.165) is 28.9 Å². The number of aryl methyl sites for hydroxylation is 2. The quantitative estimate of drug-likeness (QED) is 0.442. The summed E-state index contributed by atoms with van der Waals surface area (Å²) in [4.78, 5) is 21.9. The predicted octanol–water partition coefficient (Wildman–Crippen LogP) is 4.94. The van der Waals surface area contributed by atoms with Crippen molar-refractivity contribution in [2.24, 2.45) is 0 Å². The largest absolute Gasteiger partial charge is 0.354 e. The third-order valence-electron chi connectivity index (χ3n) is 4.15. The van der Waals surface area contributed by atoms with E-state index < -0.39 is 5.25 Å². The lowest BCUT2D eigenvalue weighted by molar-refractivity contribution is -0.120. The van der Waals surface area contributed by atoms with Crippen LogP contribution in [-0.2, 0) is 11.2 Å². The minimum atomic E-state index is -0.410. The highest BCUT2D eigenvalue weighted by Crippen LogP contribution is 2.33. The zero-order valence-corrected chi connectivity index (χ0v) is 17.4. The average molecular weight is 412 g/mol. The van der Waals surface area contributed by atoms with Crippen LogP contribution in [0.25, 0.3) is 0 Å². The van der Waals surface area contributed by atoms with Crippen molar-refractivity contribution in [1.29, 1.82) is 0 Å². The first-order chi connectivity index (χ1) is 13.5. The second-order valence-corrected chi connectivity index (χ2v) is 8.02. The molecule has 0 saturated heterocycles. The van der Waals surface area contributed by atoms with Gasteiger partial charge in [0, 0.05) is 23.0 Å². The van der Waals surface area contributed by atoms with Crippen molar-refractivity contribution in [3.8, 4) is 0 Å². The summed E-state index contributed by atoms with van der Waals surface area (Å²) < 4.78 is 0. The van der Waals surface area contributed by atoms with Crippen LogP contribution in [-0.4, -0.2) is 22.4 Å². The molecule has 1 heterocycles. The van der Waals surface area contributed by atoms with Crippen molar-refractivity contribution in [1.82, 2.24) is 15.3 Å². The van der Waals surface area contributed by atoms with Crippen molar-refractivity contribution in [2.45, 2.75) is 30.7 Å². The maximum absolute atomic E-state index is 13.0. The van der Waals surface area contributed by atoms with Gasteiger partial charge < -0.3 is 5.32 Å². The van der Waals surface area contributed by atoms with E-state index >= 15 is 0 Å². The lowest BCUT2D eigenvalue weighted by Gasteiger charge is -2.16. The number of hydrogen-bond donors (Lipinski definition) is 1. The summed E-state index contributed by atoms with van der Waals surface area (Å²) in [5, 5.41) is 3.96. The number of halogens is 1. The van der Waals surface area contributed by atoms with Crippen LogP contribution in [0, 0.1) is 13.8 Å². The number of amides is 1. The first-order valence-corrected chi connectivity index (χ1v) is 10.3. The first-order valence-electron chi connectivity index (χ1n) is 9.07. The second kappa shape index (κ2) is 9.71. The summed E-state index contributed by atoms with van der Waals surface area (Å²) in [7, 11) is 0. The fraction of sp³-hybridized carbons (Fsp3) is 0.227. The number of carbonyl (C=O) groups is 1. The van der Waals surface area contributed by atoms with E-state index in [-0.39, 0.29) is 5.91 Å². The molecule has 144 valence electrons. The third kappa shape index (κ3) is 5.81. The lowest BCUT2D eigenvalue weighted by atomic mass is 10.1. The van der Waals surface area contributed by atoms with Gasteiger partial charge in [0.25, 0.3) is 0 Å². The molecule has 6 heteroatoms. The minimum Gasteiger partial charge on any atom is -0.354 e. The number of nitrogens with zero attached hydrogens (tertiary/aromatic N) is 2. The van der Waals surface area contributed by atoms with E-state index in [9.17, 15) is 4.79 Å². The van der Waals surface area contributed by atoms with Crippen LogP contribution in [0.4, 0.5) is 0 Å². The lowest BCUT2D eigenvalue weighted by Crippen LogP contribution is -2.30. The van der Waals surface area contributed by atoms with Gasteiger partial charge in [-0.2, -0.15) is 0 Å². The minimum absolute atomic E-state index is 0.0482. The van der Waals surface area contributed by atoms with Crippen molar-refractivity contribution in [2.75, 3.05) is 6.54 Å². The SMILES string of the molecule is Cc1cc(C)nc(S[C@@H](C(=O)NCCc2ccc(Cl)cc2)c2ccccc2)n1. The normalized spacial score (nSPS) is 11.8. The molecule has 1 atom stereocenters. The van der Waals surface area contributed by atoms with Gasteiger partial charge in [0.15, 0.2) is 5.16 Å². The molecule has 0 saturated carbocycles. The van der Waals surface area contributed by atoms with Gasteiger partial charge in [0.2, 0.25) is 5.91 Å². The number of carbonyl (C=O) groups excluding carboxylic acids is 1. The Balaban J connectivity index is 1.71. The summed E-state index contributed by atoms with van der Waals surface area (Å²) in [6.45, 7) is 4.42. The third-order valence-corrected chi connectivity index (χ3v) is 5.52. The molecule has 0 aliphatic rings. The molecule has 2 aromatic carbocycles. The molecule has 0 aliphatic heterocycles. The maximum Gasteiger partial charge on any atom is 0.238 e. The molecule has 0 spiro atoms. The molecule has 0 fully saturated rings. The highest BCUT2D eigenvalue weighted by molar-refractivity contribution is 8.00. The van der Waals surface area contributed by atoms with Crippen LogP contribution < -0.4 is 5.32 Å². The number of nitrogens with one attached hydrogen (secondary N) is 1. The zero-order chi connectivity index (χ0) is 19.9. The van der Waals surface area contributed by atoms with E-state index in [1.807, 2.05) is 74.5 Å². The van der Waals surface area contributed by atoms with Crippen LogP contribution >= 0.6 is 23.4 Å². The van der Waals surface area contributed by atoms with E-state index in [0.29, 0.717) is 16.7 Å². The molecule has 3 rings (SSSR count). The smallest absolute Gasteiger partial charge is 0.238 e. The summed E-state index contributed by atoms with van der Waals surface area (Å²) in [6.07, 6.45) is 0.745. The number of hydrogen-bond acceptors (Lipinski definition) is 4. The van der Waals surface area contributed by atoms with Crippen molar-refractivity contribution in [3.63, 3.8) is 0 Å². The van der Waals surface area contributed by atoms with Crippen molar-refractivity contribution in [3.05, 3.63) is 88.2 Å². The Kier molecular flexibility index (Phi) is 7.06. The van der Waals surface area contributed by atoms with Crippen LogP contribution in [0.15, 0.2) is 65.8 Å². The molecular weight excluding hydrogens is 390 g/mol. The molecule has 0 unspecified atom stereocenters. The van der Waals surface area contributed by atoms with Crippen LogP contribution in [0.3, 0.4) is 0 Å². The molecule has 1 aromatic heterocycles. The summed E-state index contributed by atoms with van der Waals surface area (Å²) in [5.74, 6) is -0.0482. The molecule has 4 nitrogen and oxygen atoms in total. The molecule has 1 amide bonds. The molecule has 28 heavy (non-hydrogen) atoms. The van der Waals surface area contributed by atoms with Gasteiger partial charge in [0.05, 0.1) is 0 Å². The van der Waals surface area contributed by atoms with E-state index in [1.54, 1.807) is 0 Å². The first kappa shape index (κ1) is 20.4. The van der Waals surface area contributed by atoms with E-state index in [1.165, 1.54) is 11.8 Å². The number of aromatic nitrogens is 2. The van der Waals surface area contributed by atoms with Gasteiger partial charge >= 0.3 is 0 Å². The van der Waals surface area contributed by atoms with E-state index in [2.05, 4.69) is 15.3 Å². The van der Waals surface area contributed by atoms with Gasteiger partial charge in [-0.15, -0.1) is 0 Å². The number of benzene rings is 2. The maximum atomic E-state index is 13.0. The summed E-state index contributed by atoms with van der Waals surface area (Å²) in [6, 6.07) is 19.3. The number of rotatable bonds is 7. The van der Waals surface area contributed by atoms with Gasteiger partial charge in [0.1, 0.15) is 5.25 Å². The van der Waals surface area contributed by atoms with Gasteiger partial charge in [-0.25, -0.2) is 9.97 Å². The Hall–Kier alpha value is -2.37. The predicted molar refractivity (Wildman–Crippen MR) is 115 cm³/mol. The van der Waals surface area contributed by atoms with Gasteiger partial charge in [-0.1, -0.05) is 65.8 Å². The number of thioether (sulfide) groups is 1. The Morgan fingerprint density at radius 2 is 1.68 bits per heavy atom. The van der Waals surface area contributed by atoms with Crippen LogP contribution in [0.5, 0.6) is 0 Å². The molecule has 0 bridgehead atoms. The molecule has 0 radical (unpaired) electrons. The molecular formula is C22H22ClN3OS. The topological polar surface area (TPSA) is 54.9 Å². The molecule has 0 aliphatic carbocycles. The Labute approximate surface area is 174 Å². The summed E-state index contributed by atoms with van der Waals surface area (Å²) in [5.41, 5.74) is 3.85. The fourth-order valence-corrected chi connectivity index (χ4v) is 4.04. The van der Waals surface area contributed by atoms with E-state index in [4.69, 9.17) is 11.6 Å².